The lowest BCUT2D eigenvalue weighted by Crippen LogP contribution is -2.33. The highest BCUT2D eigenvalue weighted by Crippen LogP contribution is 2.38. The number of carbonyl (C=O) groups excluding carboxylic acids is 1. The molecular weight excluding hydrogens is 423 g/mol. The van der Waals surface area contributed by atoms with Crippen molar-refractivity contribution in [2.45, 2.75) is 33.7 Å². The van der Waals surface area contributed by atoms with Crippen molar-refractivity contribution in [3.63, 3.8) is 0 Å². The molecule has 1 fully saturated rings. The molecule has 1 heterocycles. The van der Waals surface area contributed by atoms with E-state index in [-0.39, 0.29) is 20.6 Å². The number of hydrogen-bond acceptors (Lipinski definition) is 4. The van der Waals surface area contributed by atoms with Gasteiger partial charge in [-0.15, -0.1) is 11.8 Å². The maximum atomic E-state index is 13.2. The van der Waals surface area contributed by atoms with Crippen LogP contribution in [0.4, 0.5) is 13.2 Å². The Kier molecular flexibility index (Phi) is 6.58. The van der Waals surface area contributed by atoms with Crippen molar-refractivity contribution in [2.75, 3.05) is 18.8 Å². The van der Waals surface area contributed by atoms with E-state index in [1.807, 2.05) is 0 Å². The molecule has 0 N–H and O–H groups in total. The van der Waals surface area contributed by atoms with Crippen LogP contribution in [0.3, 0.4) is 0 Å². The van der Waals surface area contributed by atoms with Gasteiger partial charge >= 0.3 is 6.18 Å². The van der Waals surface area contributed by atoms with Gasteiger partial charge in [0.2, 0.25) is 16.2 Å². The number of hydrogen-bond donors (Lipinski definition) is 0. The molecule has 1 aliphatic heterocycles. The largest absolute Gasteiger partial charge is 0.416 e. The molecule has 1 saturated heterocycles. The van der Waals surface area contributed by atoms with E-state index in [2.05, 4.69) is 0 Å². The lowest BCUT2D eigenvalue weighted by Gasteiger charge is -2.29. The number of nitrogens with zero attached hydrogens (tertiary/aromatic N) is 1. The van der Waals surface area contributed by atoms with Crippen LogP contribution >= 0.6 is 11.8 Å². The Morgan fingerprint density at radius 1 is 1.07 bits per heavy atom. The topological polar surface area (TPSA) is 54.5 Å². The number of carbonyl (C=O) groups is 1. The maximum absolute atomic E-state index is 13.2. The predicted molar refractivity (Wildman–Crippen MR) is 104 cm³/mol. The van der Waals surface area contributed by atoms with Crippen molar-refractivity contribution < 1.29 is 26.4 Å². The van der Waals surface area contributed by atoms with Crippen LogP contribution < -0.4 is 0 Å². The Morgan fingerprint density at radius 3 is 2.31 bits per heavy atom. The van der Waals surface area contributed by atoms with E-state index in [0.717, 1.165) is 49.2 Å². The van der Waals surface area contributed by atoms with Gasteiger partial charge in [-0.1, -0.05) is 18.2 Å². The van der Waals surface area contributed by atoms with E-state index in [1.54, 1.807) is 23.1 Å². The summed E-state index contributed by atoms with van der Waals surface area (Å²) in [6.07, 6.45) is -2.28. The molecule has 0 atom stereocenters. The van der Waals surface area contributed by atoms with Gasteiger partial charge in [0, 0.05) is 23.7 Å². The van der Waals surface area contributed by atoms with Crippen LogP contribution in [0.5, 0.6) is 0 Å². The molecule has 2 aromatic carbocycles. The van der Waals surface area contributed by atoms with Crippen molar-refractivity contribution in [2.24, 2.45) is 5.92 Å². The van der Waals surface area contributed by atoms with Crippen LogP contribution in [0.1, 0.15) is 18.4 Å². The Bertz CT molecular complexity index is 955. The highest BCUT2D eigenvalue weighted by atomic mass is 32.2. The van der Waals surface area contributed by atoms with Gasteiger partial charge in [0.25, 0.3) is 0 Å². The molecule has 1 aliphatic rings. The minimum atomic E-state index is -4.56. The molecule has 2 aromatic rings. The number of benzene rings is 2. The van der Waals surface area contributed by atoms with Gasteiger partial charge in [-0.05, 0) is 49.1 Å². The van der Waals surface area contributed by atoms with E-state index < -0.39 is 21.6 Å². The normalized spacial score (nSPS) is 16.0. The molecule has 0 spiro atoms. The van der Waals surface area contributed by atoms with Crippen LogP contribution in [0.25, 0.3) is 0 Å². The van der Waals surface area contributed by atoms with Gasteiger partial charge in [0.15, 0.2) is 0 Å². The molecule has 156 valence electrons. The number of likely N-dealkylation sites (tertiary alicyclic amines) is 1. The van der Waals surface area contributed by atoms with Gasteiger partial charge < -0.3 is 4.90 Å². The van der Waals surface area contributed by atoms with E-state index in [0.29, 0.717) is 18.8 Å². The Morgan fingerprint density at radius 2 is 1.72 bits per heavy atom. The molecule has 0 aromatic heterocycles. The smallest absolute Gasteiger partial charge is 0.345 e. The summed E-state index contributed by atoms with van der Waals surface area (Å²) < 4.78 is 65.6. The van der Waals surface area contributed by atoms with Crippen LogP contribution in [-0.4, -0.2) is 38.6 Å². The average molecular weight is 444 g/mol. The molecule has 9 heteroatoms. The minimum absolute atomic E-state index is 0.0425. The van der Waals surface area contributed by atoms with Crippen LogP contribution in [0, 0.1) is 5.92 Å². The van der Waals surface area contributed by atoms with Crippen LogP contribution in [0.15, 0.2) is 63.2 Å². The predicted octanol–water partition coefficient (Wildman–Crippen LogP) is 4.50. The Hall–Kier alpha value is -2.00. The maximum Gasteiger partial charge on any atom is 0.416 e. The van der Waals surface area contributed by atoms with Gasteiger partial charge in [-0.3, -0.25) is 4.79 Å². The molecule has 0 bridgehead atoms. The molecule has 0 unspecified atom stereocenters. The highest BCUT2D eigenvalue weighted by Gasteiger charge is 2.33. The summed E-state index contributed by atoms with van der Waals surface area (Å²) in [4.78, 5) is 12.5. The third kappa shape index (κ3) is 5.14. The zero-order valence-electron chi connectivity index (χ0n) is 15.4. The van der Waals surface area contributed by atoms with E-state index in [4.69, 9.17) is 0 Å². The first-order chi connectivity index (χ1) is 13.7. The zero-order chi connectivity index (χ0) is 21.1. The lowest BCUT2D eigenvalue weighted by molar-refractivity contribution is -0.137. The van der Waals surface area contributed by atoms with Crippen molar-refractivity contribution in [3.05, 3.63) is 54.1 Å². The fourth-order valence-corrected chi connectivity index (χ4v) is 6.19. The summed E-state index contributed by atoms with van der Waals surface area (Å²) in [7, 11) is -3.94. The van der Waals surface area contributed by atoms with Crippen molar-refractivity contribution >= 4 is 28.0 Å². The fraction of sp³-hybridized carbons (Fsp3) is 0.350. The summed E-state index contributed by atoms with van der Waals surface area (Å²) in [6.45, 7) is 1.21. The zero-order valence-corrected chi connectivity index (χ0v) is 17.1. The molecular formula is C20H20F3NO3S2. The molecule has 0 radical (unpaired) electrons. The van der Waals surface area contributed by atoms with Crippen LogP contribution in [-0.2, 0) is 20.8 Å². The number of sulfone groups is 1. The molecule has 29 heavy (non-hydrogen) atoms. The first-order valence-corrected chi connectivity index (χ1v) is 11.5. The summed E-state index contributed by atoms with van der Waals surface area (Å²) in [5.41, 5.74) is -0.872. The van der Waals surface area contributed by atoms with Crippen molar-refractivity contribution in [1.29, 1.82) is 0 Å². The molecule has 4 nitrogen and oxygen atoms in total. The fourth-order valence-electron chi connectivity index (χ4n) is 3.18. The minimum Gasteiger partial charge on any atom is -0.345 e. The second-order valence-corrected chi connectivity index (χ2v) is 9.85. The summed E-state index contributed by atoms with van der Waals surface area (Å²) in [6, 6.07) is 10.4. The van der Waals surface area contributed by atoms with Crippen LogP contribution in [0.2, 0.25) is 0 Å². The third-order valence-corrected chi connectivity index (χ3v) is 8.13. The lowest BCUT2D eigenvalue weighted by atomic mass is 9.99. The first-order valence-electron chi connectivity index (χ1n) is 9.05. The number of rotatable bonds is 6. The number of amides is 1. The third-order valence-electron chi connectivity index (χ3n) is 4.89. The standard InChI is InChI=1S/C20H20F3NO3S2/c21-20(22,23)16-6-7-19(29(26,27)17-4-2-1-3-5-17)18(12-16)28-13-15-8-10-24(14-25)11-9-15/h1-7,12,14-15H,8-11,13H2. The van der Waals surface area contributed by atoms with E-state index in [1.165, 1.54) is 12.1 Å². The summed E-state index contributed by atoms with van der Waals surface area (Å²) in [5, 5.41) is 0. The highest BCUT2D eigenvalue weighted by molar-refractivity contribution is 8.00. The average Bonchev–Trinajstić information content (AvgIpc) is 2.72. The van der Waals surface area contributed by atoms with E-state index >= 15 is 0 Å². The number of thioether (sulfide) groups is 1. The van der Waals surface area contributed by atoms with Gasteiger partial charge in [-0.2, -0.15) is 13.2 Å². The monoisotopic (exact) mass is 443 g/mol. The Balaban J connectivity index is 1.90. The molecule has 1 amide bonds. The van der Waals surface area contributed by atoms with Crippen molar-refractivity contribution in [1.82, 2.24) is 4.90 Å². The van der Waals surface area contributed by atoms with E-state index in [9.17, 15) is 26.4 Å². The van der Waals surface area contributed by atoms with Crippen molar-refractivity contribution in [3.8, 4) is 0 Å². The molecule has 3 rings (SSSR count). The van der Waals surface area contributed by atoms with Gasteiger partial charge in [-0.25, -0.2) is 8.42 Å². The first kappa shape index (κ1) is 21.7. The molecule has 0 aliphatic carbocycles. The summed E-state index contributed by atoms with van der Waals surface area (Å²) in [5.74, 6) is 0.698. The van der Waals surface area contributed by atoms with Gasteiger partial charge in [0.1, 0.15) is 0 Å². The SMILES string of the molecule is O=CN1CCC(CSc2cc(C(F)(F)F)ccc2S(=O)(=O)c2ccccc2)CC1. The summed E-state index contributed by atoms with van der Waals surface area (Å²) >= 11 is 1.13. The Labute approximate surface area is 172 Å². The number of alkyl halides is 3. The number of halogens is 3. The second-order valence-electron chi connectivity index (χ2n) is 6.87. The second kappa shape index (κ2) is 8.79. The number of piperidine rings is 1. The quantitative estimate of drug-likeness (QED) is 0.487. The molecule has 0 saturated carbocycles. The van der Waals surface area contributed by atoms with Gasteiger partial charge in [0.05, 0.1) is 15.4 Å².